The van der Waals surface area contributed by atoms with E-state index in [1.807, 2.05) is 7.05 Å². The monoisotopic (exact) mass is 1120 g/mol. The summed E-state index contributed by atoms with van der Waals surface area (Å²) in [6, 6.07) is 26.0. The zero-order valence-corrected chi connectivity index (χ0v) is 48.9. The highest BCUT2D eigenvalue weighted by Gasteiger charge is 2.24. The van der Waals surface area contributed by atoms with E-state index in [0.717, 1.165) is 148 Å². The number of ether oxygens (including phenoxy) is 1. The molecule has 0 bridgehead atoms. The largest absolute Gasteiger partial charge is 0.469 e. The summed E-state index contributed by atoms with van der Waals surface area (Å²) in [4.78, 5) is 56.0. The lowest BCUT2D eigenvalue weighted by Crippen LogP contribution is -2.29. The summed E-state index contributed by atoms with van der Waals surface area (Å²) in [5.41, 5.74) is 14.6. The third-order valence-electron chi connectivity index (χ3n) is 15.4. The molecular formula is C62H89BrN8O6. The van der Waals surface area contributed by atoms with Crippen LogP contribution in [0.3, 0.4) is 0 Å². The molecule has 1 fully saturated rings. The molecule has 10 rings (SSSR count). The number of aryl methyl sites for hydroxylation is 2. The topological polar surface area (TPSA) is 148 Å². The summed E-state index contributed by atoms with van der Waals surface area (Å²) in [6.07, 6.45) is 16.0. The van der Waals surface area contributed by atoms with Gasteiger partial charge in [0.05, 0.1) is 7.11 Å². The molecule has 0 atom stereocenters. The van der Waals surface area contributed by atoms with Crippen LogP contribution < -0.4 is 5.48 Å². The number of benzene rings is 3. The number of rotatable bonds is 17. The predicted molar refractivity (Wildman–Crippen MR) is 316 cm³/mol. The van der Waals surface area contributed by atoms with Crippen LogP contribution in [-0.4, -0.2) is 136 Å². The van der Waals surface area contributed by atoms with Gasteiger partial charge >= 0.3 is 5.97 Å². The molecule has 14 nitrogen and oxygen atoms in total. The standard InChI is InChI=1S/C19H26N2O2.C18H25N3O2.C12H14N2.C7H13BrO.C6H11NO/c1-20-13-11-18-16(14-20)15-8-5-6-9-17(15)21(18)12-7-3-4-10-19(22)23-2;1-20-12-10-17-15(13-20)14-7-4-5-8-16(14)21(17)11-6-2-3-9-18(22)19-23;1-14-7-6-12-10(8-14)9-4-2-3-5-11(9)13-12;1-7(9)5-3-2-4-6-8;1-7-4-2-6(8)3-5-7/h5-6,8-9H,3-4,7,10-14H2,1-2H3;4-5,7-8,23H,2-3,6,9-13H2,1H3,(H,19,22);2-5,13H,6-8H2,1H3;2-6H2,1H3;2-5H2,1H3. The number of nitrogens with one attached hydrogen (secondary N) is 2. The second-order valence-corrected chi connectivity index (χ2v) is 22.3. The number of likely N-dealkylation sites (tertiary alicyclic amines) is 1. The molecule has 4 aliphatic heterocycles. The zero-order chi connectivity index (χ0) is 55.1. The Morgan fingerprint density at radius 2 is 1.04 bits per heavy atom. The zero-order valence-electron chi connectivity index (χ0n) is 47.3. The molecule has 3 N–H and O–H groups in total. The number of likely N-dealkylation sites (N-methyl/N-ethyl adjacent to an activating group) is 3. The van der Waals surface area contributed by atoms with Crippen molar-refractivity contribution in [3.8, 4) is 0 Å². The Bertz CT molecular complexity index is 2690. The van der Waals surface area contributed by atoms with Crippen LogP contribution in [0.1, 0.15) is 131 Å². The quantitative estimate of drug-likeness (QED) is 0.0265. The molecule has 3 aromatic carbocycles. The summed E-state index contributed by atoms with van der Waals surface area (Å²) in [5, 5.41) is 13.8. The first-order chi connectivity index (χ1) is 37.3. The SMILES string of the molecule is CC(=O)CCCCCBr.CN1CCC(=O)CC1.CN1CCc2[nH]c3ccccc3c2C1.CN1CCc2c(c3ccccc3n2CCCCCC(=O)NO)C1.COC(=O)CCCCCn1c2c(c3ccccc31)CN(C)CC2. The van der Waals surface area contributed by atoms with Crippen LogP contribution in [-0.2, 0) is 75.9 Å². The number of hydroxylamine groups is 1. The van der Waals surface area contributed by atoms with Crippen LogP contribution in [0, 0.1) is 0 Å². The van der Waals surface area contributed by atoms with Crippen molar-refractivity contribution < 1.29 is 29.1 Å². The van der Waals surface area contributed by atoms with E-state index in [1.165, 1.54) is 93.0 Å². The highest BCUT2D eigenvalue weighted by molar-refractivity contribution is 9.09. The van der Waals surface area contributed by atoms with Crippen LogP contribution in [0.15, 0.2) is 72.8 Å². The van der Waals surface area contributed by atoms with Crippen LogP contribution in [0.25, 0.3) is 32.7 Å². The van der Waals surface area contributed by atoms with Crippen molar-refractivity contribution in [1.82, 2.24) is 39.2 Å². The average molecular weight is 1120 g/mol. The Kier molecular flexibility index (Phi) is 25.4. The number of nitrogens with zero attached hydrogens (tertiary/aromatic N) is 6. The van der Waals surface area contributed by atoms with E-state index in [4.69, 9.17) is 9.94 Å². The van der Waals surface area contributed by atoms with Gasteiger partial charge in [-0.1, -0.05) is 89.8 Å². The number of methoxy groups -OCH3 is 1. The summed E-state index contributed by atoms with van der Waals surface area (Å²) < 4.78 is 9.68. The normalized spacial score (nSPS) is 15.6. The van der Waals surface area contributed by atoms with Gasteiger partial charge in [0.25, 0.3) is 0 Å². The van der Waals surface area contributed by atoms with Gasteiger partial charge in [0.15, 0.2) is 0 Å². The van der Waals surface area contributed by atoms with Gasteiger partial charge in [0.1, 0.15) is 11.6 Å². The van der Waals surface area contributed by atoms with Gasteiger partial charge in [-0.15, -0.1) is 0 Å². The van der Waals surface area contributed by atoms with Crippen LogP contribution in [0.5, 0.6) is 0 Å². The first kappa shape index (κ1) is 61.1. The maximum Gasteiger partial charge on any atom is 0.305 e. The summed E-state index contributed by atoms with van der Waals surface area (Å²) in [5.74, 6) is 0.335. The molecule has 0 radical (unpaired) electrons. The van der Waals surface area contributed by atoms with Gasteiger partial charge in [-0.3, -0.25) is 19.6 Å². The minimum absolute atomic E-state index is 0.100. The maximum absolute atomic E-state index is 11.2. The molecule has 0 aliphatic carbocycles. The number of carbonyl (C=O) groups excluding carboxylic acids is 4. The lowest BCUT2D eigenvalue weighted by Gasteiger charge is -2.24. The molecule has 420 valence electrons. The van der Waals surface area contributed by atoms with Gasteiger partial charge in [0, 0.05) is 172 Å². The molecule has 3 aromatic heterocycles. The van der Waals surface area contributed by atoms with E-state index in [-0.39, 0.29) is 11.9 Å². The van der Waals surface area contributed by atoms with Crippen LogP contribution >= 0.6 is 15.9 Å². The van der Waals surface area contributed by atoms with Crippen molar-refractivity contribution in [3.05, 3.63) is 107 Å². The summed E-state index contributed by atoms with van der Waals surface area (Å²) in [7, 11) is 10.1. The number of aromatic amines is 1. The Morgan fingerprint density at radius 1 is 0.571 bits per heavy atom. The fraction of sp³-hybridized carbons (Fsp3) is 0.548. The van der Waals surface area contributed by atoms with Crippen molar-refractivity contribution in [2.24, 2.45) is 0 Å². The molecule has 0 saturated carbocycles. The van der Waals surface area contributed by atoms with Crippen molar-refractivity contribution in [1.29, 1.82) is 0 Å². The number of Topliss-reactive ketones (excluding diaryl/α,β-unsaturated/α-hetero) is 2. The van der Waals surface area contributed by atoms with Gasteiger partial charge in [-0.25, -0.2) is 5.48 Å². The minimum Gasteiger partial charge on any atom is -0.469 e. The number of para-hydroxylation sites is 3. The molecule has 15 heteroatoms. The Balaban J connectivity index is 0.000000166. The second-order valence-electron chi connectivity index (χ2n) is 21.6. The van der Waals surface area contributed by atoms with Gasteiger partial charge < -0.3 is 43.2 Å². The fourth-order valence-electron chi connectivity index (χ4n) is 11.0. The third kappa shape index (κ3) is 18.5. The molecule has 0 unspecified atom stereocenters. The number of carbonyl (C=O) groups is 4. The number of halogens is 1. The summed E-state index contributed by atoms with van der Waals surface area (Å²) in [6.45, 7) is 12.2. The molecule has 4 aliphatic rings. The first-order valence-electron chi connectivity index (χ1n) is 28.4. The van der Waals surface area contributed by atoms with E-state index in [1.54, 1.807) is 12.4 Å². The van der Waals surface area contributed by atoms with E-state index in [2.05, 4.69) is 144 Å². The van der Waals surface area contributed by atoms with E-state index in [0.29, 0.717) is 24.4 Å². The highest BCUT2D eigenvalue weighted by atomic mass is 79.9. The minimum atomic E-state index is -0.295. The van der Waals surface area contributed by atoms with E-state index < -0.39 is 0 Å². The predicted octanol–water partition coefficient (Wildman–Crippen LogP) is 11.0. The number of piperidine rings is 1. The molecule has 7 heterocycles. The number of esters is 1. The van der Waals surface area contributed by atoms with Gasteiger partial charge in [0.2, 0.25) is 5.91 Å². The van der Waals surface area contributed by atoms with Crippen LogP contribution in [0.2, 0.25) is 0 Å². The van der Waals surface area contributed by atoms with Crippen molar-refractivity contribution in [2.75, 3.05) is 73.4 Å². The molecule has 1 saturated heterocycles. The molecular weight excluding hydrogens is 1030 g/mol. The Morgan fingerprint density at radius 3 is 1.56 bits per heavy atom. The van der Waals surface area contributed by atoms with Crippen molar-refractivity contribution >= 4 is 72.1 Å². The Hall–Kier alpha value is -5.16. The van der Waals surface area contributed by atoms with Crippen molar-refractivity contribution in [2.45, 2.75) is 149 Å². The number of fused-ring (bicyclic) bond motifs is 9. The van der Waals surface area contributed by atoms with Gasteiger partial charge in [-0.05, 0) is 109 Å². The lowest BCUT2D eigenvalue weighted by molar-refractivity contribution is -0.140. The second kappa shape index (κ2) is 32.0. The Labute approximate surface area is 466 Å². The number of amides is 1. The number of hydrogen-bond acceptors (Lipinski definition) is 10. The number of ketones is 2. The van der Waals surface area contributed by atoms with E-state index >= 15 is 0 Å². The fourth-order valence-corrected chi connectivity index (χ4v) is 11.4. The van der Waals surface area contributed by atoms with Crippen LogP contribution in [0.4, 0.5) is 0 Å². The lowest BCUT2D eigenvalue weighted by atomic mass is 10.1. The summed E-state index contributed by atoms with van der Waals surface area (Å²) >= 11 is 3.33. The highest BCUT2D eigenvalue weighted by Crippen LogP contribution is 2.33. The first-order valence-corrected chi connectivity index (χ1v) is 29.5. The molecule has 0 spiro atoms. The van der Waals surface area contributed by atoms with E-state index in [9.17, 15) is 19.2 Å². The number of aromatic nitrogens is 3. The average Bonchev–Trinajstić information content (AvgIpc) is 4.17. The number of hydrogen-bond donors (Lipinski definition) is 3. The maximum atomic E-state index is 11.2. The smallest absolute Gasteiger partial charge is 0.305 e. The third-order valence-corrected chi connectivity index (χ3v) is 15.9. The molecule has 1 amide bonds. The molecule has 77 heavy (non-hydrogen) atoms. The number of alkyl halides is 1. The number of H-pyrrole nitrogens is 1. The number of unbranched alkanes of at least 4 members (excludes halogenated alkanes) is 6. The van der Waals surface area contributed by atoms with Gasteiger partial charge in [-0.2, -0.15) is 0 Å². The molecule has 6 aromatic rings. The van der Waals surface area contributed by atoms with Crippen molar-refractivity contribution in [3.63, 3.8) is 0 Å².